The summed E-state index contributed by atoms with van der Waals surface area (Å²) < 4.78 is 64.0. The van der Waals surface area contributed by atoms with E-state index in [0.29, 0.717) is 86.5 Å². The predicted molar refractivity (Wildman–Crippen MR) is 251 cm³/mol. The summed E-state index contributed by atoms with van der Waals surface area (Å²) in [6.07, 6.45) is 0. The van der Waals surface area contributed by atoms with Gasteiger partial charge in [-0.2, -0.15) is 18.8 Å². The molecule has 19 nitrogen and oxygen atoms in total. The number of ether oxygens (including phenoxy) is 2. The van der Waals surface area contributed by atoms with Crippen molar-refractivity contribution in [2.75, 3.05) is 69.8 Å². The van der Waals surface area contributed by atoms with Crippen molar-refractivity contribution >= 4 is 43.2 Å². The average Bonchev–Trinajstić information content (AvgIpc) is 4.02. The van der Waals surface area contributed by atoms with Gasteiger partial charge in [0.25, 0.3) is 11.8 Å². The van der Waals surface area contributed by atoms with E-state index < -0.39 is 31.9 Å². The number of phenols is 2. The van der Waals surface area contributed by atoms with E-state index in [4.69, 9.17) is 14.6 Å². The normalized spacial score (nSPS) is 14.5. The van der Waals surface area contributed by atoms with Crippen LogP contribution in [-0.2, 0) is 29.5 Å². The number of aryl methyl sites for hydroxylation is 4. The number of hydrogen-bond donors (Lipinski definition) is 7. The second-order valence-electron chi connectivity index (χ2n) is 15.6. The van der Waals surface area contributed by atoms with Crippen LogP contribution in [0.3, 0.4) is 0 Å². The highest BCUT2D eigenvalue weighted by molar-refractivity contribution is 7.89. The van der Waals surface area contributed by atoms with Gasteiger partial charge in [-0.3, -0.25) is 19.8 Å². The Labute approximate surface area is 388 Å². The number of nitrogens with zero attached hydrogens (tertiary/aromatic N) is 4. The molecule has 0 unspecified atom stereocenters. The molecule has 2 aliphatic heterocycles. The fourth-order valence-corrected chi connectivity index (χ4v) is 9.97. The number of rotatable bonds is 10. The lowest BCUT2D eigenvalue weighted by molar-refractivity contribution is 0.0730. The fourth-order valence-electron chi connectivity index (χ4n) is 7.15. The first-order chi connectivity index (χ1) is 31.9. The average molecular weight is 959 g/mol. The number of benzene rings is 4. The van der Waals surface area contributed by atoms with Gasteiger partial charge in [-0.15, -0.1) is 0 Å². The first kappa shape index (κ1) is 50.0. The van der Waals surface area contributed by atoms with Crippen LogP contribution in [0.5, 0.6) is 11.5 Å². The number of aliphatic hydroxyl groups excluding tert-OH is 1. The number of aromatic hydroxyl groups is 2. The molecule has 0 spiro atoms. The number of amides is 2. The largest absolute Gasteiger partial charge is 0.507 e. The zero-order valence-corrected chi connectivity index (χ0v) is 39.3. The number of sulfonamides is 2. The van der Waals surface area contributed by atoms with Crippen LogP contribution in [0.4, 0.5) is 11.4 Å². The quantitative estimate of drug-likeness (QED) is 0.0915. The number of aromatic amines is 2. The molecule has 0 aliphatic carbocycles. The highest BCUT2D eigenvalue weighted by Crippen LogP contribution is 2.34. The van der Waals surface area contributed by atoms with Crippen molar-refractivity contribution in [3.05, 3.63) is 119 Å². The molecular weight excluding hydrogens is 905 g/mol. The summed E-state index contributed by atoms with van der Waals surface area (Å²) in [6, 6.07) is 22.5. The van der Waals surface area contributed by atoms with Gasteiger partial charge in [-0.05, 0) is 130 Å². The third-order valence-corrected chi connectivity index (χ3v) is 14.4. The Morgan fingerprint density at radius 2 is 0.925 bits per heavy atom. The SMILES string of the molecule is CCO.Cc1cc(C)c(O)c(-c2cc(C(=O)Nc3ccc(S(=O)(=O)N4CCOCC4)cc3)[nH]n2)c1.Cc1cc(C)c(O)c(-c2cc(C(=O)Nc3ccc(S(=O)(=O)N4CCOCC4)cc3)[nH]n2)c1. The van der Waals surface area contributed by atoms with E-state index in [9.17, 15) is 36.6 Å². The summed E-state index contributed by atoms with van der Waals surface area (Å²) in [5.41, 5.74) is 6.67. The highest BCUT2D eigenvalue weighted by atomic mass is 32.2. The molecule has 2 amide bonds. The number of H-pyrrole nitrogens is 2. The zero-order valence-electron chi connectivity index (χ0n) is 37.7. The Hall–Kier alpha value is -6.46. The molecule has 2 saturated heterocycles. The minimum Gasteiger partial charge on any atom is -0.507 e. The van der Waals surface area contributed by atoms with Gasteiger partial charge in [0.15, 0.2) is 0 Å². The van der Waals surface area contributed by atoms with Gasteiger partial charge >= 0.3 is 0 Å². The van der Waals surface area contributed by atoms with E-state index in [1.54, 1.807) is 45.0 Å². The number of carbonyl (C=O) groups is 2. The molecule has 2 aromatic heterocycles. The van der Waals surface area contributed by atoms with Crippen LogP contribution in [0.2, 0.25) is 0 Å². The highest BCUT2D eigenvalue weighted by Gasteiger charge is 2.28. The van der Waals surface area contributed by atoms with Gasteiger partial charge in [-0.25, -0.2) is 16.8 Å². The van der Waals surface area contributed by atoms with Gasteiger partial charge in [0, 0.05) is 55.3 Å². The van der Waals surface area contributed by atoms with Crippen LogP contribution in [-0.4, -0.2) is 132 Å². The molecule has 67 heavy (non-hydrogen) atoms. The molecule has 4 heterocycles. The van der Waals surface area contributed by atoms with Crippen molar-refractivity contribution in [3.8, 4) is 34.0 Å². The van der Waals surface area contributed by atoms with E-state index >= 15 is 0 Å². The topological polar surface area (TPSA) is 269 Å². The minimum atomic E-state index is -3.60. The van der Waals surface area contributed by atoms with Crippen LogP contribution in [0.15, 0.2) is 94.7 Å². The van der Waals surface area contributed by atoms with Crippen LogP contribution < -0.4 is 10.6 Å². The predicted octanol–water partition coefficient (Wildman–Crippen LogP) is 5.34. The van der Waals surface area contributed by atoms with Crippen molar-refractivity contribution in [1.82, 2.24) is 29.0 Å². The number of nitrogens with one attached hydrogen (secondary N) is 4. The van der Waals surface area contributed by atoms with Crippen molar-refractivity contribution < 1.29 is 51.2 Å². The Morgan fingerprint density at radius 1 is 0.597 bits per heavy atom. The Bertz CT molecular complexity index is 2710. The number of carbonyl (C=O) groups excluding carboxylic acids is 2. The van der Waals surface area contributed by atoms with E-state index in [2.05, 4.69) is 31.0 Å². The van der Waals surface area contributed by atoms with Gasteiger partial charge in [-0.1, -0.05) is 12.1 Å². The summed E-state index contributed by atoms with van der Waals surface area (Å²) >= 11 is 0. The van der Waals surface area contributed by atoms with Crippen molar-refractivity contribution in [2.24, 2.45) is 0 Å². The molecule has 0 saturated carbocycles. The minimum absolute atomic E-state index is 0.117. The Balaban J connectivity index is 0.000000209. The Morgan fingerprint density at radius 3 is 1.25 bits per heavy atom. The number of aliphatic hydroxyl groups is 1. The summed E-state index contributed by atoms with van der Waals surface area (Å²) in [6.45, 7) is 12.1. The van der Waals surface area contributed by atoms with Gasteiger partial charge in [0.2, 0.25) is 20.0 Å². The lowest BCUT2D eigenvalue weighted by Crippen LogP contribution is -2.40. The molecule has 356 valence electrons. The summed E-state index contributed by atoms with van der Waals surface area (Å²) in [5, 5.41) is 47.3. The first-order valence-electron chi connectivity index (χ1n) is 21.2. The van der Waals surface area contributed by atoms with E-state index in [0.717, 1.165) is 22.3 Å². The third-order valence-electron chi connectivity index (χ3n) is 10.5. The molecule has 4 aromatic carbocycles. The van der Waals surface area contributed by atoms with Crippen molar-refractivity contribution in [2.45, 2.75) is 44.4 Å². The Kier molecular flexibility index (Phi) is 16.3. The maximum atomic E-state index is 12.7. The molecule has 2 fully saturated rings. The third kappa shape index (κ3) is 12.1. The standard InChI is InChI=1S/2C22H24N4O5S.C2H6O/c2*1-14-11-15(2)21(27)18(12-14)19-13-20(25-24-19)22(28)23-16-3-5-17(6-4-16)32(29,30)26-7-9-31-10-8-26;1-2-3/h2*3-6,11-13,27H,7-10H2,1-2H3,(H,23,28)(H,24,25);3H,2H2,1H3. The monoisotopic (exact) mass is 958 g/mol. The molecule has 0 radical (unpaired) electrons. The van der Waals surface area contributed by atoms with E-state index in [1.807, 2.05) is 26.0 Å². The molecule has 0 atom stereocenters. The number of phenolic OH excluding ortho intramolecular Hbond substituents is 2. The number of aromatic nitrogens is 4. The molecule has 0 bridgehead atoms. The second-order valence-corrected chi connectivity index (χ2v) is 19.5. The summed E-state index contributed by atoms with van der Waals surface area (Å²) in [5.74, 6) is -0.634. The van der Waals surface area contributed by atoms with Crippen LogP contribution >= 0.6 is 0 Å². The lowest BCUT2D eigenvalue weighted by atomic mass is 10.0. The molecule has 2 aliphatic rings. The maximum Gasteiger partial charge on any atom is 0.273 e. The molecule has 6 aromatic rings. The van der Waals surface area contributed by atoms with Crippen LogP contribution in [0.25, 0.3) is 22.5 Å². The summed E-state index contributed by atoms with van der Waals surface area (Å²) in [7, 11) is -7.19. The number of morpholine rings is 2. The van der Waals surface area contributed by atoms with Gasteiger partial charge in [0.05, 0.1) is 47.6 Å². The van der Waals surface area contributed by atoms with Crippen molar-refractivity contribution in [1.29, 1.82) is 0 Å². The summed E-state index contributed by atoms with van der Waals surface area (Å²) in [4.78, 5) is 25.6. The van der Waals surface area contributed by atoms with Gasteiger partial charge < -0.3 is 35.4 Å². The number of hydrogen-bond acceptors (Lipinski definition) is 13. The second kappa shape index (κ2) is 21.9. The first-order valence-corrected chi connectivity index (χ1v) is 24.1. The molecule has 8 rings (SSSR count). The van der Waals surface area contributed by atoms with Crippen LogP contribution in [0.1, 0.15) is 50.2 Å². The van der Waals surface area contributed by atoms with Crippen molar-refractivity contribution in [3.63, 3.8) is 0 Å². The maximum absolute atomic E-state index is 12.7. The molecular formula is C46H54N8O11S2. The zero-order chi connectivity index (χ0) is 48.5. The van der Waals surface area contributed by atoms with E-state index in [1.165, 1.54) is 57.1 Å². The smallest absolute Gasteiger partial charge is 0.273 e. The number of anilines is 2. The van der Waals surface area contributed by atoms with Crippen LogP contribution in [0, 0.1) is 27.7 Å². The van der Waals surface area contributed by atoms with Gasteiger partial charge in [0.1, 0.15) is 22.9 Å². The fraction of sp³-hybridized carbons (Fsp3) is 0.304. The molecule has 21 heteroatoms. The van der Waals surface area contributed by atoms with E-state index in [-0.39, 0.29) is 39.3 Å². The lowest BCUT2D eigenvalue weighted by Gasteiger charge is -2.26. The molecule has 7 N–H and O–H groups in total.